The van der Waals surface area contributed by atoms with E-state index in [1.807, 2.05) is 6.07 Å². The molecule has 0 saturated carbocycles. The van der Waals surface area contributed by atoms with Gasteiger partial charge in [0.25, 0.3) is 5.91 Å². The van der Waals surface area contributed by atoms with Gasteiger partial charge in [-0.05, 0) is 51.5 Å². The molecule has 166 valence electrons. The van der Waals surface area contributed by atoms with Gasteiger partial charge >= 0.3 is 11.9 Å². The highest BCUT2D eigenvalue weighted by Gasteiger charge is 2.22. The molecule has 0 bridgehead atoms. The van der Waals surface area contributed by atoms with Gasteiger partial charge in [-0.1, -0.05) is 6.07 Å². The fraction of sp³-hybridized carbons (Fsp3) is 0.409. The number of benzene rings is 1. The Bertz CT molecular complexity index is 996. The van der Waals surface area contributed by atoms with Crippen molar-refractivity contribution in [3.05, 3.63) is 46.8 Å². The third-order valence-corrected chi connectivity index (χ3v) is 4.94. The molecule has 9 nitrogen and oxygen atoms in total. The van der Waals surface area contributed by atoms with E-state index in [1.54, 1.807) is 43.5 Å². The van der Waals surface area contributed by atoms with Crippen LogP contribution in [0, 0.1) is 13.8 Å². The van der Waals surface area contributed by atoms with Gasteiger partial charge in [-0.25, -0.2) is 4.79 Å². The fourth-order valence-corrected chi connectivity index (χ4v) is 3.26. The number of carbonyl (C=O) groups excluding carboxylic acids is 3. The standard InChI is InChI=1S/C22H26N2O7/c1-5-28-22(27)17-8-13(2)24(14(17)3)11-20(25)31-15(4)21(26)23-10-16-6-7-18-19(9-16)30-12-29-18/h6-9,15H,5,10-12H2,1-4H3,(H,23,26). The molecule has 2 aromatic rings. The van der Waals surface area contributed by atoms with Crippen molar-refractivity contribution in [1.82, 2.24) is 9.88 Å². The van der Waals surface area contributed by atoms with Crippen LogP contribution in [0.25, 0.3) is 0 Å². The van der Waals surface area contributed by atoms with Crippen LogP contribution >= 0.6 is 0 Å². The molecule has 0 spiro atoms. The fourth-order valence-electron chi connectivity index (χ4n) is 3.26. The first kappa shape index (κ1) is 22.2. The van der Waals surface area contributed by atoms with E-state index in [-0.39, 0.29) is 26.5 Å². The van der Waals surface area contributed by atoms with Gasteiger partial charge in [-0.15, -0.1) is 0 Å². The van der Waals surface area contributed by atoms with Crippen molar-refractivity contribution in [3.8, 4) is 11.5 Å². The zero-order chi connectivity index (χ0) is 22.5. The third kappa shape index (κ3) is 5.17. The van der Waals surface area contributed by atoms with Crippen molar-refractivity contribution in [3.63, 3.8) is 0 Å². The lowest BCUT2D eigenvalue weighted by atomic mass is 10.2. The lowest BCUT2D eigenvalue weighted by molar-refractivity contribution is -0.155. The normalized spacial score (nSPS) is 12.9. The van der Waals surface area contributed by atoms with Crippen molar-refractivity contribution in [1.29, 1.82) is 0 Å². The van der Waals surface area contributed by atoms with E-state index < -0.39 is 23.9 Å². The molecule has 1 amide bonds. The van der Waals surface area contributed by atoms with Crippen molar-refractivity contribution in [2.75, 3.05) is 13.4 Å². The molecule has 1 atom stereocenters. The largest absolute Gasteiger partial charge is 0.462 e. The van der Waals surface area contributed by atoms with Crippen molar-refractivity contribution in [2.24, 2.45) is 0 Å². The van der Waals surface area contributed by atoms with Crippen LogP contribution < -0.4 is 14.8 Å². The van der Waals surface area contributed by atoms with Crippen LogP contribution in [0.4, 0.5) is 0 Å². The molecule has 1 aliphatic heterocycles. The SMILES string of the molecule is CCOC(=O)c1cc(C)n(CC(=O)OC(C)C(=O)NCc2ccc3c(c2)OCO3)c1C. The predicted octanol–water partition coefficient (Wildman–Crippen LogP) is 2.26. The zero-order valence-corrected chi connectivity index (χ0v) is 18.0. The molecule has 1 unspecified atom stereocenters. The molecule has 9 heteroatoms. The number of fused-ring (bicyclic) bond motifs is 1. The number of ether oxygens (including phenoxy) is 4. The van der Waals surface area contributed by atoms with Crippen molar-refractivity contribution in [2.45, 2.75) is 46.9 Å². The maximum atomic E-state index is 12.4. The van der Waals surface area contributed by atoms with E-state index >= 15 is 0 Å². The van der Waals surface area contributed by atoms with Gasteiger partial charge in [0.15, 0.2) is 17.6 Å². The van der Waals surface area contributed by atoms with Crippen LogP contribution in [-0.2, 0) is 32.2 Å². The van der Waals surface area contributed by atoms with Gasteiger partial charge < -0.3 is 28.8 Å². The smallest absolute Gasteiger partial charge is 0.339 e. The number of rotatable bonds is 8. The van der Waals surface area contributed by atoms with Crippen LogP contribution in [0.2, 0.25) is 0 Å². The van der Waals surface area contributed by atoms with Gasteiger partial charge in [0.1, 0.15) is 6.54 Å². The highest BCUT2D eigenvalue weighted by Crippen LogP contribution is 2.32. The van der Waals surface area contributed by atoms with Crippen molar-refractivity contribution >= 4 is 17.8 Å². The van der Waals surface area contributed by atoms with E-state index in [4.69, 9.17) is 18.9 Å². The van der Waals surface area contributed by atoms with Crippen LogP contribution in [0.5, 0.6) is 11.5 Å². The molecule has 0 aliphatic carbocycles. The molecule has 1 aromatic carbocycles. The molecule has 0 fully saturated rings. The summed E-state index contributed by atoms with van der Waals surface area (Å²) in [7, 11) is 0. The monoisotopic (exact) mass is 430 g/mol. The van der Waals surface area contributed by atoms with Gasteiger partial charge in [0.05, 0.1) is 12.2 Å². The van der Waals surface area contributed by atoms with E-state index in [0.717, 1.165) is 11.3 Å². The Morgan fingerprint density at radius 2 is 1.90 bits per heavy atom. The minimum absolute atomic E-state index is 0.114. The molecule has 1 aliphatic rings. The first-order chi connectivity index (χ1) is 14.8. The number of carbonyl (C=O) groups is 3. The van der Waals surface area contributed by atoms with Gasteiger partial charge in [-0.3, -0.25) is 9.59 Å². The Hall–Kier alpha value is -3.49. The van der Waals surface area contributed by atoms with E-state index in [1.165, 1.54) is 6.92 Å². The van der Waals surface area contributed by atoms with Crippen LogP contribution in [0.3, 0.4) is 0 Å². The lowest BCUT2D eigenvalue weighted by Crippen LogP contribution is -2.36. The molecular weight excluding hydrogens is 404 g/mol. The lowest BCUT2D eigenvalue weighted by Gasteiger charge is -2.15. The average molecular weight is 430 g/mol. The van der Waals surface area contributed by atoms with Crippen LogP contribution in [0.1, 0.15) is 41.2 Å². The first-order valence-corrected chi connectivity index (χ1v) is 9.99. The van der Waals surface area contributed by atoms with Crippen LogP contribution in [-0.4, -0.2) is 41.9 Å². The summed E-state index contributed by atoms with van der Waals surface area (Å²) in [5, 5.41) is 2.73. The van der Waals surface area contributed by atoms with Gasteiger partial charge in [0.2, 0.25) is 6.79 Å². The summed E-state index contributed by atoms with van der Waals surface area (Å²) in [6.07, 6.45) is -0.970. The topological polar surface area (TPSA) is 105 Å². The number of aromatic nitrogens is 1. The Labute approximate surface area is 180 Å². The molecule has 0 saturated heterocycles. The van der Waals surface area contributed by atoms with E-state index in [0.29, 0.717) is 22.8 Å². The average Bonchev–Trinajstić information content (AvgIpc) is 3.31. The quantitative estimate of drug-likeness (QED) is 0.641. The number of nitrogens with zero attached hydrogens (tertiary/aromatic N) is 1. The summed E-state index contributed by atoms with van der Waals surface area (Å²) in [5.74, 6) is -0.140. The predicted molar refractivity (Wildman–Crippen MR) is 110 cm³/mol. The molecule has 1 N–H and O–H groups in total. The number of nitrogens with one attached hydrogen (secondary N) is 1. The summed E-state index contributed by atoms with van der Waals surface area (Å²) < 4.78 is 22.5. The third-order valence-electron chi connectivity index (χ3n) is 4.94. The maximum Gasteiger partial charge on any atom is 0.339 e. The minimum atomic E-state index is -0.970. The molecular formula is C22H26N2O7. The summed E-state index contributed by atoms with van der Waals surface area (Å²) in [5.41, 5.74) is 2.56. The molecule has 0 radical (unpaired) electrons. The second-order valence-electron chi connectivity index (χ2n) is 7.13. The maximum absolute atomic E-state index is 12.4. The first-order valence-electron chi connectivity index (χ1n) is 9.99. The van der Waals surface area contributed by atoms with Crippen molar-refractivity contribution < 1.29 is 33.3 Å². The number of aryl methyl sites for hydroxylation is 1. The summed E-state index contributed by atoms with van der Waals surface area (Å²) >= 11 is 0. The Balaban J connectivity index is 1.53. The number of hydrogen-bond acceptors (Lipinski definition) is 7. The zero-order valence-electron chi connectivity index (χ0n) is 18.0. The second kappa shape index (κ2) is 9.55. The summed E-state index contributed by atoms with van der Waals surface area (Å²) in [4.78, 5) is 36.7. The van der Waals surface area contributed by atoms with E-state index in [2.05, 4.69) is 5.32 Å². The number of amides is 1. The second-order valence-corrected chi connectivity index (χ2v) is 7.13. The van der Waals surface area contributed by atoms with E-state index in [9.17, 15) is 14.4 Å². The Morgan fingerprint density at radius 3 is 2.65 bits per heavy atom. The molecule has 1 aromatic heterocycles. The molecule has 31 heavy (non-hydrogen) atoms. The highest BCUT2D eigenvalue weighted by atomic mass is 16.7. The molecule has 3 rings (SSSR count). The Kier molecular flexibility index (Phi) is 6.84. The van der Waals surface area contributed by atoms with Crippen LogP contribution in [0.15, 0.2) is 24.3 Å². The minimum Gasteiger partial charge on any atom is -0.462 e. The summed E-state index contributed by atoms with van der Waals surface area (Å²) in [6, 6.07) is 7.06. The molecule has 2 heterocycles. The van der Waals surface area contributed by atoms with Gasteiger partial charge in [-0.2, -0.15) is 0 Å². The Morgan fingerprint density at radius 1 is 1.16 bits per heavy atom. The summed E-state index contributed by atoms with van der Waals surface area (Å²) in [6.45, 7) is 7.34. The number of hydrogen-bond donors (Lipinski definition) is 1. The van der Waals surface area contributed by atoms with Gasteiger partial charge in [0, 0.05) is 17.9 Å². The number of esters is 2. The highest BCUT2D eigenvalue weighted by molar-refractivity contribution is 5.91.